The average Bonchev–Trinajstić information content (AvgIpc) is 2.99. The molecular formula is C19H18ClNO4. The van der Waals surface area contributed by atoms with E-state index in [1.54, 1.807) is 12.1 Å². The highest BCUT2D eigenvalue weighted by molar-refractivity contribution is 6.41. The number of ether oxygens (including phenoxy) is 1. The minimum atomic E-state index is -0.803. The number of rotatable bonds is 4. The molecule has 3 rings (SSSR count). The SMILES string of the molecule is CC(=O)C(=O)N1c2ccccc2C[C@H]1C(=O)OCc1ccccc1.Cl. The number of halogens is 1. The number of Topliss-reactive ketones (excluding diaryl/α,β-unsaturated/α-hetero) is 1. The molecule has 0 saturated heterocycles. The molecule has 1 aliphatic heterocycles. The van der Waals surface area contributed by atoms with Gasteiger partial charge in [0.2, 0.25) is 5.78 Å². The molecule has 0 N–H and O–H groups in total. The van der Waals surface area contributed by atoms with Crippen molar-refractivity contribution in [1.82, 2.24) is 0 Å². The highest BCUT2D eigenvalue weighted by Crippen LogP contribution is 2.32. The van der Waals surface area contributed by atoms with E-state index in [4.69, 9.17) is 4.74 Å². The summed E-state index contributed by atoms with van der Waals surface area (Å²) in [5.41, 5.74) is 2.32. The summed E-state index contributed by atoms with van der Waals surface area (Å²) in [6.45, 7) is 1.34. The number of amides is 1. The summed E-state index contributed by atoms with van der Waals surface area (Å²) in [7, 11) is 0. The van der Waals surface area contributed by atoms with Gasteiger partial charge in [-0.3, -0.25) is 14.5 Å². The fraction of sp³-hybridized carbons (Fsp3) is 0.211. The second-order valence-electron chi connectivity index (χ2n) is 5.67. The monoisotopic (exact) mass is 359 g/mol. The van der Waals surface area contributed by atoms with E-state index in [1.165, 1.54) is 11.8 Å². The van der Waals surface area contributed by atoms with Gasteiger partial charge in [0.1, 0.15) is 12.6 Å². The van der Waals surface area contributed by atoms with Crippen molar-refractivity contribution >= 4 is 35.8 Å². The topological polar surface area (TPSA) is 63.7 Å². The zero-order chi connectivity index (χ0) is 17.1. The molecule has 1 aliphatic rings. The van der Waals surface area contributed by atoms with Crippen molar-refractivity contribution < 1.29 is 19.1 Å². The molecule has 0 fully saturated rings. The fourth-order valence-electron chi connectivity index (χ4n) is 2.82. The number of benzene rings is 2. The minimum Gasteiger partial charge on any atom is -0.459 e. The van der Waals surface area contributed by atoms with Crippen molar-refractivity contribution in [3.8, 4) is 0 Å². The Morgan fingerprint density at radius 3 is 2.36 bits per heavy atom. The number of para-hydroxylation sites is 1. The Hall–Kier alpha value is -2.66. The third-order valence-corrected chi connectivity index (χ3v) is 3.99. The molecule has 0 saturated carbocycles. The normalized spacial score (nSPS) is 15.1. The Morgan fingerprint density at radius 2 is 1.68 bits per heavy atom. The van der Waals surface area contributed by atoms with Crippen molar-refractivity contribution in [3.05, 3.63) is 65.7 Å². The van der Waals surface area contributed by atoms with Crippen LogP contribution in [0.1, 0.15) is 18.1 Å². The molecule has 1 heterocycles. The van der Waals surface area contributed by atoms with Crippen LogP contribution in [-0.4, -0.2) is 23.7 Å². The van der Waals surface area contributed by atoms with Crippen molar-refractivity contribution in [1.29, 1.82) is 0 Å². The molecule has 6 heteroatoms. The average molecular weight is 360 g/mol. The lowest BCUT2D eigenvalue weighted by molar-refractivity contribution is -0.147. The molecule has 0 bridgehead atoms. The summed E-state index contributed by atoms with van der Waals surface area (Å²) < 4.78 is 5.36. The van der Waals surface area contributed by atoms with Gasteiger partial charge in [0, 0.05) is 19.0 Å². The van der Waals surface area contributed by atoms with Gasteiger partial charge in [-0.1, -0.05) is 48.5 Å². The largest absolute Gasteiger partial charge is 0.459 e. The first-order valence-corrected chi connectivity index (χ1v) is 7.70. The molecule has 5 nitrogen and oxygen atoms in total. The van der Waals surface area contributed by atoms with E-state index >= 15 is 0 Å². The van der Waals surface area contributed by atoms with E-state index in [-0.39, 0.29) is 19.0 Å². The van der Waals surface area contributed by atoms with Crippen molar-refractivity contribution in [2.45, 2.75) is 26.0 Å². The third kappa shape index (κ3) is 3.88. The van der Waals surface area contributed by atoms with Crippen LogP contribution in [0.4, 0.5) is 5.69 Å². The van der Waals surface area contributed by atoms with E-state index < -0.39 is 23.7 Å². The van der Waals surface area contributed by atoms with Crippen molar-refractivity contribution in [2.24, 2.45) is 0 Å². The number of ketones is 1. The van der Waals surface area contributed by atoms with Gasteiger partial charge in [0.15, 0.2) is 0 Å². The molecule has 0 radical (unpaired) electrons. The van der Waals surface area contributed by atoms with Crippen molar-refractivity contribution in [2.75, 3.05) is 4.90 Å². The Balaban J connectivity index is 0.00000225. The maximum atomic E-state index is 12.5. The number of esters is 1. The van der Waals surface area contributed by atoms with Crippen LogP contribution >= 0.6 is 12.4 Å². The van der Waals surface area contributed by atoms with E-state index in [2.05, 4.69) is 0 Å². The lowest BCUT2D eigenvalue weighted by atomic mass is 10.1. The second kappa shape index (κ2) is 7.94. The first-order chi connectivity index (χ1) is 11.6. The smallest absolute Gasteiger partial charge is 0.329 e. The number of anilines is 1. The van der Waals surface area contributed by atoms with Crippen LogP contribution in [0.2, 0.25) is 0 Å². The van der Waals surface area contributed by atoms with Gasteiger partial charge in [0.25, 0.3) is 5.91 Å². The summed E-state index contributed by atoms with van der Waals surface area (Å²) in [5.74, 6) is -1.81. The summed E-state index contributed by atoms with van der Waals surface area (Å²) in [5, 5.41) is 0. The predicted molar refractivity (Wildman–Crippen MR) is 95.6 cm³/mol. The number of hydrogen-bond donors (Lipinski definition) is 0. The number of carbonyl (C=O) groups is 3. The number of nitrogens with zero attached hydrogens (tertiary/aromatic N) is 1. The lowest BCUT2D eigenvalue weighted by Crippen LogP contribution is -2.46. The van der Waals surface area contributed by atoms with E-state index in [9.17, 15) is 14.4 Å². The van der Waals surface area contributed by atoms with Crippen LogP contribution in [0.3, 0.4) is 0 Å². The van der Waals surface area contributed by atoms with Gasteiger partial charge in [-0.25, -0.2) is 4.79 Å². The van der Waals surface area contributed by atoms with Crippen molar-refractivity contribution in [3.63, 3.8) is 0 Å². The van der Waals surface area contributed by atoms with Crippen LogP contribution in [-0.2, 0) is 32.1 Å². The van der Waals surface area contributed by atoms with E-state index in [1.807, 2.05) is 42.5 Å². The molecule has 2 aromatic carbocycles. The van der Waals surface area contributed by atoms with Gasteiger partial charge in [-0.05, 0) is 17.2 Å². The summed E-state index contributed by atoms with van der Waals surface area (Å²) >= 11 is 0. The standard InChI is InChI=1S/C19H17NO4.ClH/c1-13(21)18(22)20-16-10-6-5-9-15(16)11-17(20)19(23)24-12-14-7-3-2-4-8-14;/h2-10,17H,11-12H2,1H3;1H/t17-;/m0./s1. The maximum Gasteiger partial charge on any atom is 0.329 e. The van der Waals surface area contributed by atoms with Gasteiger partial charge in [0.05, 0.1) is 0 Å². The molecule has 1 atom stereocenters. The first-order valence-electron chi connectivity index (χ1n) is 7.70. The van der Waals surface area contributed by atoms with Gasteiger partial charge in [-0.2, -0.15) is 0 Å². The maximum absolute atomic E-state index is 12.5. The van der Waals surface area contributed by atoms with Gasteiger partial charge in [-0.15, -0.1) is 12.4 Å². The molecule has 0 aromatic heterocycles. The zero-order valence-electron chi connectivity index (χ0n) is 13.7. The Morgan fingerprint density at radius 1 is 1.04 bits per heavy atom. The fourth-order valence-corrected chi connectivity index (χ4v) is 2.82. The minimum absolute atomic E-state index is 0. The zero-order valence-corrected chi connectivity index (χ0v) is 14.5. The van der Waals surface area contributed by atoms with E-state index in [0.717, 1.165) is 11.1 Å². The molecular weight excluding hydrogens is 342 g/mol. The summed E-state index contributed by atoms with van der Waals surface area (Å²) in [6, 6.07) is 15.7. The quantitative estimate of drug-likeness (QED) is 0.622. The molecule has 0 spiro atoms. The van der Waals surface area contributed by atoms with Gasteiger partial charge < -0.3 is 4.74 Å². The molecule has 0 aliphatic carbocycles. The Labute approximate surface area is 152 Å². The lowest BCUT2D eigenvalue weighted by Gasteiger charge is -2.23. The molecule has 0 unspecified atom stereocenters. The molecule has 130 valence electrons. The van der Waals surface area contributed by atoms with Crippen LogP contribution in [0, 0.1) is 0 Å². The van der Waals surface area contributed by atoms with E-state index in [0.29, 0.717) is 12.1 Å². The Kier molecular flexibility index (Phi) is 5.93. The Bertz CT molecular complexity index is 791. The van der Waals surface area contributed by atoms with Gasteiger partial charge >= 0.3 is 5.97 Å². The number of fused-ring (bicyclic) bond motifs is 1. The van der Waals surface area contributed by atoms with Crippen LogP contribution < -0.4 is 4.90 Å². The first kappa shape index (κ1) is 18.7. The van der Waals surface area contributed by atoms with Crippen LogP contribution in [0.25, 0.3) is 0 Å². The van der Waals surface area contributed by atoms with Crippen LogP contribution in [0.15, 0.2) is 54.6 Å². The number of hydrogen-bond acceptors (Lipinski definition) is 4. The molecule has 2 aromatic rings. The predicted octanol–water partition coefficient (Wildman–Crippen LogP) is 2.70. The summed E-state index contributed by atoms with van der Waals surface area (Å²) in [4.78, 5) is 37.6. The highest BCUT2D eigenvalue weighted by Gasteiger charge is 2.40. The highest BCUT2D eigenvalue weighted by atomic mass is 35.5. The van der Waals surface area contributed by atoms with Crippen LogP contribution in [0.5, 0.6) is 0 Å². The third-order valence-electron chi connectivity index (χ3n) is 3.99. The molecule has 25 heavy (non-hydrogen) atoms. The molecule has 1 amide bonds. The summed E-state index contributed by atoms with van der Waals surface area (Å²) in [6.07, 6.45) is 0.350. The second-order valence-corrected chi connectivity index (χ2v) is 5.67. The number of carbonyl (C=O) groups excluding carboxylic acids is 3.